The second-order valence-corrected chi connectivity index (χ2v) is 6.12. The average Bonchev–Trinajstić information content (AvgIpc) is 3.09. The number of anilines is 1. The molecule has 1 N–H and O–H groups in total. The Bertz CT molecular complexity index is 542. The van der Waals surface area contributed by atoms with Crippen LogP contribution < -0.4 is 10.2 Å². The number of aromatic nitrogens is 3. The average molecular weight is 289 g/mol. The molecule has 2 aromatic rings. The van der Waals surface area contributed by atoms with Crippen LogP contribution in [0.15, 0.2) is 23.7 Å². The van der Waals surface area contributed by atoms with Crippen molar-refractivity contribution in [3.8, 4) is 0 Å². The Morgan fingerprint density at radius 1 is 1.50 bits per heavy atom. The molecule has 3 rings (SSSR count). The first-order valence-corrected chi connectivity index (χ1v) is 7.87. The summed E-state index contributed by atoms with van der Waals surface area (Å²) in [7, 11) is 0. The predicted molar refractivity (Wildman–Crippen MR) is 81.0 cm³/mol. The molecular formula is C14H19N5S. The van der Waals surface area contributed by atoms with Crippen molar-refractivity contribution in [2.24, 2.45) is 0 Å². The van der Waals surface area contributed by atoms with Gasteiger partial charge in [0.05, 0.1) is 10.7 Å². The molecule has 0 saturated carbocycles. The molecule has 0 spiro atoms. The fourth-order valence-corrected chi connectivity index (χ4v) is 3.26. The van der Waals surface area contributed by atoms with Gasteiger partial charge in [-0.2, -0.15) is 5.10 Å². The van der Waals surface area contributed by atoms with Crippen LogP contribution in [-0.4, -0.2) is 34.3 Å². The monoisotopic (exact) mass is 289 g/mol. The third-order valence-corrected chi connectivity index (χ3v) is 4.40. The minimum Gasteiger partial charge on any atom is -0.351 e. The van der Waals surface area contributed by atoms with Gasteiger partial charge in [-0.25, -0.2) is 4.98 Å². The second kappa shape index (κ2) is 6.28. The summed E-state index contributed by atoms with van der Waals surface area (Å²) < 4.78 is 0. The smallest absolute Gasteiger partial charge is 0.151 e. The molecule has 5 nitrogen and oxygen atoms in total. The van der Waals surface area contributed by atoms with E-state index in [9.17, 15) is 0 Å². The van der Waals surface area contributed by atoms with Crippen molar-refractivity contribution in [3.05, 3.63) is 34.4 Å². The maximum absolute atomic E-state index is 4.47. The molecule has 3 heterocycles. The van der Waals surface area contributed by atoms with E-state index < -0.39 is 0 Å². The van der Waals surface area contributed by atoms with Crippen molar-refractivity contribution in [2.45, 2.75) is 32.4 Å². The van der Waals surface area contributed by atoms with Gasteiger partial charge in [0.1, 0.15) is 0 Å². The number of aryl methyl sites for hydroxylation is 1. The Morgan fingerprint density at radius 3 is 3.20 bits per heavy atom. The number of nitrogens with zero attached hydrogens (tertiary/aromatic N) is 4. The van der Waals surface area contributed by atoms with E-state index in [1.807, 2.05) is 19.1 Å². The van der Waals surface area contributed by atoms with Gasteiger partial charge in [-0.15, -0.1) is 16.4 Å². The molecule has 0 radical (unpaired) electrons. The van der Waals surface area contributed by atoms with Crippen LogP contribution in [0, 0.1) is 6.92 Å². The van der Waals surface area contributed by atoms with Crippen molar-refractivity contribution >= 4 is 17.2 Å². The third kappa shape index (κ3) is 3.13. The predicted octanol–water partition coefficient (Wildman–Crippen LogP) is 2.00. The molecule has 0 amide bonds. The molecule has 106 valence electrons. The SMILES string of the molecule is Cc1nc(CNC[C@H]2CCCN2c2cccnn2)cs1. The minimum atomic E-state index is 0.506. The Balaban J connectivity index is 1.54. The molecule has 6 heteroatoms. The number of thiazole rings is 1. The minimum absolute atomic E-state index is 0.506. The number of rotatable bonds is 5. The fourth-order valence-electron chi connectivity index (χ4n) is 2.65. The Hall–Kier alpha value is -1.53. The molecular weight excluding hydrogens is 270 g/mol. The van der Waals surface area contributed by atoms with Crippen LogP contribution in [0.5, 0.6) is 0 Å². The number of nitrogens with one attached hydrogen (secondary N) is 1. The Labute approximate surface area is 123 Å². The third-order valence-electron chi connectivity index (χ3n) is 3.58. The van der Waals surface area contributed by atoms with E-state index in [0.29, 0.717) is 6.04 Å². The topological polar surface area (TPSA) is 53.9 Å². The van der Waals surface area contributed by atoms with Crippen LogP contribution in [-0.2, 0) is 6.54 Å². The van der Waals surface area contributed by atoms with Gasteiger partial charge in [-0.1, -0.05) is 0 Å². The van der Waals surface area contributed by atoms with Crippen molar-refractivity contribution in [3.63, 3.8) is 0 Å². The van der Waals surface area contributed by atoms with Gasteiger partial charge in [0, 0.05) is 37.3 Å². The molecule has 2 aromatic heterocycles. The summed E-state index contributed by atoms with van der Waals surface area (Å²) >= 11 is 1.70. The largest absolute Gasteiger partial charge is 0.351 e. The standard InChI is InChI=1S/C14H19N5S/c1-11-17-12(10-20-11)8-15-9-13-4-3-7-19(13)14-5-2-6-16-18-14/h2,5-6,10,13,15H,3-4,7-9H2,1H3/t13-/m1/s1. The summed E-state index contributed by atoms with van der Waals surface area (Å²) in [5.41, 5.74) is 1.14. The van der Waals surface area contributed by atoms with E-state index in [1.54, 1.807) is 17.5 Å². The molecule has 0 aliphatic carbocycles. The van der Waals surface area contributed by atoms with Crippen molar-refractivity contribution in [1.29, 1.82) is 0 Å². The van der Waals surface area contributed by atoms with Crippen LogP contribution in [0.1, 0.15) is 23.5 Å². The molecule has 1 aliphatic rings. The first-order valence-electron chi connectivity index (χ1n) is 6.99. The van der Waals surface area contributed by atoms with E-state index >= 15 is 0 Å². The lowest BCUT2D eigenvalue weighted by molar-refractivity contribution is 0.566. The van der Waals surface area contributed by atoms with Crippen molar-refractivity contribution in [2.75, 3.05) is 18.0 Å². The summed E-state index contributed by atoms with van der Waals surface area (Å²) in [6.07, 6.45) is 4.15. The highest BCUT2D eigenvalue weighted by Crippen LogP contribution is 2.22. The van der Waals surface area contributed by atoms with Gasteiger partial charge < -0.3 is 10.2 Å². The van der Waals surface area contributed by atoms with Crippen molar-refractivity contribution < 1.29 is 0 Å². The van der Waals surface area contributed by atoms with Crippen LogP contribution in [0.4, 0.5) is 5.82 Å². The lowest BCUT2D eigenvalue weighted by Crippen LogP contribution is -2.38. The van der Waals surface area contributed by atoms with Crippen molar-refractivity contribution in [1.82, 2.24) is 20.5 Å². The highest BCUT2D eigenvalue weighted by molar-refractivity contribution is 7.09. The molecule has 0 aromatic carbocycles. The maximum Gasteiger partial charge on any atom is 0.151 e. The summed E-state index contributed by atoms with van der Waals surface area (Å²) in [6.45, 7) is 4.92. The van der Waals surface area contributed by atoms with Gasteiger partial charge >= 0.3 is 0 Å². The molecule has 20 heavy (non-hydrogen) atoms. The van der Waals surface area contributed by atoms with E-state index in [2.05, 4.69) is 30.8 Å². The first kappa shape index (κ1) is 13.5. The van der Waals surface area contributed by atoms with Gasteiger partial charge in [0.2, 0.25) is 0 Å². The lowest BCUT2D eigenvalue weighted by Gasteiger charge is -2.25. The quantitative estimate of drug-likeness (QED) is 0.912. The van der Waals surface area contributed by atoms with Gasteiger partial charge in [0.25, 0.3) is 0 Å². The first-order chi connectivity index (χ1) is 9.83. The lowest BCUT2D eigenvalue weighted by atomic mass is 10.2. The molecule has 1 saturated heterocycles. The molecule has 1 fully saturated rings. The number of hydrogen-bond acceptors (Lipinski definition) is 6. The van der Waals surface area contributed by atoms with E-state index in [1.165, 1.54) is 12.8 Å². The van der Waals surface area contributed by atoms with Crippen LogP contribution >= 0.6 is 11.3 Å². The molecule has 0 bridgehead atoms. The van der Waals surface area contributed by atoms with E-state index in [0.717, 1.165) is 36.2 Å². The zero-order chi connectivity index (χ0) is 13.8. The highest BCUT2D eigenvalue weighted by atomic mass is 32.1. The zero-order valence-electron chi connectivity index (χ0n) is 11.6. The number of hydrogen-bond donors (Lipinski definition) is 1. The van der Waals surface area contributed by atoms with Gasteiger partial charge in [0.15, 0.2) is 5.82 Å². The molecule has 1 atom stereocenters. The summed E-state index contributed by atoms with van der Waals surface area (Å²) in [5, 5.41) is 15.0. The van der Waals surface area contributed by atoms with E-state index in [4.69, 9.17) is 0 Å². The van der Waals surface area contributed by atoms with Gasteiger partial charge in [-0.3, -0.25) is 0 Å². The Morgan fingerprint density at radius 2 is 2.45 bits per heavy atom. The second-order valence-electron chi connectivity index (χ2n) is 5.06. The van der Waals surface area contributed by atoms with E-state index in [-0.39, 0.29) is 0 Å². The van der Waals surface area contributed by atoms with Crippen LogP contribution in [0.25, 0.3) is 0 Å². The fraction of sp³-hybridized carbons (Fsp3) is 0.500. The maximum atomic E-state index is 4.47. The molecule has 1 aliphatic heterocycles. The van der Waals surface area contributed by atoms with Gasteiger partial charge in [-0.05, 0) is 31.9 Å². The normalized spacial score (nSPS) is 18.6. The van der Waals surface area contributed by atoms with Crippen LogP contribution in [0.2, 0.25) is 0 Å². The Kier molecular flexibility index (Phi) is 4.22. The molecule has 0 unspecified atom stereocenters. The zero-order valence-corrected chi connectivity index (χ0v) is 12.4. The summed E-state index contributed by atoms with van der Waals surface area (Å²) in [5.74, 6) is 0.987. The summed E-state index contributed by atoms with van der Waals surface area (Å²) in [6, 6.07) is 4.49. The van der Waals surface area contributed by atoms with Crippen LogP contribution in [0.3, 0.4) is 0 Å². The highest BCUT2D eigenvalue weighted by Gasteiger charge is 2.25. The summed E-state index contributed by atoms with van der Waals surface area (Å²) in [4.78, 5) is 6.83.